The molecule has 0 N–H and O–H groups in total. The van der Waals surface area contributed by atoms with Crippen LogP contribution in [0, 0.1) is 0 Å². The fourth-order valence-electron chi connectivity index (χ4n) is 3.57. The zero-order valence-electron chi connectivity index (χ0n) is 14.6. The second-order valence-electron chi connectivity index (χ2n) is 6.48. The lowest BCUT2D eigenvalue weighted by Crippen LogP contribution is -2.24. The molecule has 6 heteroatoms. The Balaban J connectivity index is 1.67. The molecule has 0 unspecified atom stereocenters. The summed E-state index contributed by atoms with van der Waals surface area (Å²) in [6.45, 7) is 2.00. The number of hydrogen-bond donors (Lipinski definition) is 0. The Bertz CT molecular complexity index is 936. The fraction of sp³-hybridized carbons (Fsp3) is 0.300. The smallest absolute Gasteiger partial charge is 0.227 e. The number of hydrogen-bond acceptors (Lipinski definition) is 3. The van der Waals surface area contributed by atoms with Crippen LogP contribution in [-0.2, 0) is 16.1 Å². The van der Waals surface area contributed by atoms with Crippen LogP contribution in [0.2, 0.25) is 0 Å². The van der Waals surface area contributed by atoms with E-state index in [2.05, 4.69) is 26.6 Å². The van der Waals surface area contributed by atoms with Gasteiger partial charge in [-0.25, -0.2) is 4.98 Å². The van der Waals surface area contributed by atoms with Gasteiger partial charge in [-0.1, -0.05) is 28.1 Å². The number of para-hydroxylation sites is 2. The lowest BCUT2D eigenvalue weighted by molar-refractivity contribution is -0.117. The normalized spacial score (nSPS) is 17.4. The Morgan fingerprint density at radius 3 is 2.73 bits per heavy atom. The molecule has 1 saturated heterocycles. The van der Waals surface area contributed by atoms with Crippen LogP contribution in [0.25, 0.3) is 11.0 Å². The maximum Gasteiger partial charge on any atom is 0.227 e. The Morgan fingerprint density at radius 2 is 1.96 bits per heavy atom. The largest absolute Gasteiger partial charge is 0.383 e. The van der Waals surface area contributed by atoms with Crippen LogP contribution in [0.1, 0.15) is 18.2 Å². The summed E-state index contributed by atoms with van der Waals surface area (Å²) in [6.07, 6.45) is 0.479. The molecule has 1 aromatic heterocycles. The lowest BCUT2D eigenvalue weighted by atomic mass is 10.1. The van der Waals surface area contributed by atoms with E-state index >= 15 is 0 Å². The molecule has 0 saturated carbocycles. The maximum atomic E-state index is 12.6. The molecule has 2 aromatic carbocycles. The second-order valence-corrected chi connectivity index (χ2v) is 7.40. The van der Waals surface area contributed by atoms with Crippen LogP contribution < -0.4 is 4.90 Å². The number of benzene rings is 2. The van der Waals surface area contributed by atoms with Gasteiger partial charge in [-0.05, 0) is 36.4 Å². The van der Waals surface area contributed by atoms with Crippen molar-refractivity contribution in [2.24, 2.45) is 0 Å². The number of halogens is 1. The van der Waals surface area contributed by atoms with E-state index in [1.165, 1.54) is 0 Å². The van der Waals surface area contributed by atoms with E-state index in [1.807, 2.05) is 47.4 Å². The Hall–Kier alpha value is -2.18. The molecule has 1 aliphatic heterocycles. The number of aromatic nitrogens is 2. The predicted octanol–water partition coefficient (Wildman–Crippen LogP) is 3.97. The molecule has 4 rings (SSSR count). The average molecular weight is 414 g/mol. The number of anilines is 1. The predicted molar refractivity (Wildman–Crippen MR) is 105 cm³/mol. The highest BCUT2D eigenvalue weighted by Crippen LogP contribution is 2.33. The molecule has 2 heterocycles. The van der Waals surface area contributed by atoms with Crippen molar-refractivity contribution in [3.63, 3.8) is 0 Å². The number of carbonyl (C=O) groups excluding carboxylic acids is 1. The van der Waals surface area contributed by atoms with Gasteiger partial charge in [0, 0.05) is 42.7 Å². The molecule has 0 radical (unpaired) electrons. The Morgan fingerprint density at radius 1 is 1.19 bits per heavy atom. The molecule has 134 valence electrons. The van der Waals surface area contributed by atoms with Gasteiger partial charge in [-0.2, -0.15) is 0 Å². The maximum absolute atomic E-state index is 12.6. The number of imidazole rings is 1. The average Bonchev–Trinajstić information content (AvgIpc) is 3.21. The topological polar surface area (TPSA) is 47.4 Å². The van der Waals surface area contributed by atoms with Crippen LogP contribution in [0.5, 0.6) is 0 Å². The van der Waals surface area contributed by atoms with Crippen LogP contribution in [0.15, 0.2) is 53.0 Å². The molecule has 0 aliphatic carbocycles. The summed E-state index contributed by atoms with van der Waals surface area (Å²) in [7, 11) is 1.70. The van der Waals surface area contributed by atoms with E-state index in [0.29, 0.717) is 19.6 Å². The van der Waals surface area contributed by atoms with Crippen LogP contribution in [0.3, 0.4) is 0 Å². The molecule has 3 aromatic rings. The van der Waals surface area contributed by atoms with Gasteiger partial charge < -0.3 is 14.2 Å². The van der Waals surface area contributed by atoms with Gasteiger partial charge in [0.2, 0.25) is 5.91 Å². The number of carbonyl (C=O) groups is 1. The molecule has 1 amide bonds. The summed E-state index contributed by atoms with van der Waals surface area (Å²) in [6, 6.07) is 16.0. The Labute approximate surface area is 160 Å². The quantitative estimate of drug-likeness (QED) is 0.635. The van der Waals surface area contributed by atoms with Crippen LogP contribution >= 0.6 is 15.9 Å². The van der Waals surface area contributed by atoms with Gasteiger partial charge in [0.15, 0.2) is 0 Å². The van der Waals surface area contributed by atoms with Gasteiger partial charge in [0.05, 0.1) is 17.6 Å². The number of amides is 1. The third-order valence-electron chi connectivity index (χ3n) is 4.83. The number of nitrogens with zero attached hydrogens (tertiary/aromatic N) is 3. The third kappa shape index (κ3) is 3.15. The zero-order chi connectivity index (χ0) is 18.1. The van der Waals surface area contributed by atoms with Gasteiger partial charge in [-0.3, -0.25) is 4.79 Å². The fourth-order valence-corrected chi connectivity index (χ4v) is 3.84. The first-order chi connectivity index (χ1) is 12.7. The molecule has 0 bridgehead atoms. The summed E-state index contributed by atoms with van der Waals surface area (Å²) in [5.74, 6) is 1.19. The molecule has 1 atom stereocenters. The van der Waals surface area contributed by atoms with Crippen molar-refractivity contribution in [3.05, 3.63) is 58.8 Å². The number of methoxy groups -OCH3 is 1. The number of fused-ring (bicyclic) bond motifs is 1. The highest BCUT2D eigenvalue weighted by Gasteiger charge is 2.34. The molecule has 26 heavy (non-hydrogen) atoms. The van der Waals surface area contributed by atoms with E-state index in [-0.39, 0.29) is 11.8 Å². The lowest BCUT2D eigenvalue weighted by Gasteiger charge is -2.17. The van der Waals surface area contributed by atoms with Gasteiger partial charge in [-0.15, -0.1) is 0 Å². The van der Waals surface area contributed by atoms with Crippen molar-refractivity contribution in [2.45, 2.75) is 18.9 Å². The zero-order valence-corrected chi connectivity index (χ0v) is 16.1. The van der Waals surface area contributed by atoms with Gasteiger partial charge in [0.25, 0.3) is 0 Å². The van der Waals surface area contributed by atoms with Crippen molar-refractivity contribution < 1.29 is 9.53 Å². The van der Waals surface area contributed by atoms with Crippen LogP contribution in [0.4, 0.5) is 5.69 Å². The minimum atomic E-state index is 0.0791. The van der Waals surface area contributed by atoms with E-state index in [9.17, 15) is 4.79 Å². The summed E-state index contributed by atoms with van der Waals surface area (Å²) in [5, 5.41) is 0. The molecule has 0 spiro atoms. The first-order valence-corrected chi connectivity index (χ1v) is 9.46. The van der Waals surface area contributed by atoms with Crippen molar-refractivity contribution in [3.8, 4) is 0 Å². The van der Waals surface area contributed by atoms with E-state index in [1.54, 1.807) is 7.11 Å². The summed E-state index contributed by atoms with van der Waals surface area (Å²) in [4.78, 5) is 19.3. The van der Waals surface area contributed by atoms with Gasteiger partial charge >= 0.3 is 0 Å². The van der Waals surface area contributed by atoms with Gasteiger partial charge in [0.1, 0.15) is 5.82 Å². The monoisotopic (exact) mass is 413 g/mol. The second kappa shape index (κ2) is 7.21. The first-order valence-electron chi connectivity index (χ1n) is 8.67. The number of rotatable bonds is 5. The highest BCUT2D eigenvalue weighted by molar-refractivity contribution is 9.10. The standard InChI is InChI=1S/C20H20BrN3O2/c1-26-11-10-23-18-5-3-2-4-17(18)22-20(23)14-12-19(25)24(13-14)16-8-6-15(21)7-9-16/h2-9,14H,10-13H2,1H3/t14-/m1/s1. The Kier molecular flexibility index (Phi) is 4.78. The number of ether oxygens (including phenoxy) is 1. The van der Waals surface area contributed by atoms with E-state index in [0.717, 1.165) is 33.6 Å². The van der Waals surface area contributed by atoms with Crippen molar-refractivity contribution in [1.82, 2.24) is 9.55 Å². The first kappa shape index (κ1) is 17.2. The highest BCUT2D eigenvalue weighted by atomic mass is 79.9. The minimum absolute atomic E-state index is 0.0791. The van der Waals surface area contributed by atoms with Crippen LogP contribution in [-0.4, -0.2) is 35.7 Å². The third-order valence-corrected chi connectivity index (χ3v) is 5.36. The minimum Gasteiger partial charge on any atom is -0.383 e. The molecule has 1 fully saturated rings. The summed E-state index contributed by atoms with van der Waals surface area (Å²) >= 11 is 3.44. The molecular formula is C20H20BrN3O2. The summed E-state index contributed by atoms with van der Waals surface area (Å²) in [5.41, 5.74) is 2.99. The van der Waals surface area contributed by atoms with Crippen molar-refractivity contribution in [2.75, 3.05) is 25.2 Å². The van der Waals surface area contributed by atoms with E-state index < -0.39 is 0 Å². The summed E-state index contributed by atoms with van der Waals surface area (Å²) < 4.78 is 8.48. The molecule has 5 nitrogen and oxygen atoms in total. The van der Waals surface area contributed by atoms with Crippen molar-refractivity contribution in [1.29, 1.82) is 0 Å². The van der Waals surface area contributed by atoms with E-state index in [4.69, 9.17) is 9.72 Å². The SMILES string of the molecule is COCCn1c([C@@H]2CC(=O)N(c3ccc(Br)cc3)C2)nc2ccccc21. The molecule has 1 aliphatic rings. The molecular weight excluding hydrogens is 394 g/mol. The van der Waals surface area contributed by atoms with Crippen molar-refractivity contribution >= 4 is 38.6 Å².